The van der Waals surface area contributed by atoms with E-state index in [0.29, 0.717) is 6.42 Å². The minimum Gasteiger partial charge on any atom is -0.497 e. The maximum absolute atomic E-state index is 10.7. The van der Waals surface area contributed by atoms with Crippen LogP contribution in [0.3, 0.4) is 0 Å². The van der Waals surface area contributed by atoms with Gasteiger partial charge in [0.15, 0.2) is 0 Å². The van der Waals surface area contributed by atoms with Crippen LogP contribution in [-0.2, 0) is 11.2 Å². The molecule has 1 aromatic carbocycles. The molecule has 0 saturated heterocycles. The maximum Gasteiger partial charge on any atom is 0.134 e. The molecule has 0 atom stereocenters. The molecule has 0 aliphatic heterocycles. The van der Waals surface area contributed by atoms with Gasteiger partial charge in [-0.1, -0.05) is 26.0 Å². The highest BCUT2D eigenvalue weighted by atomic mass is 16.5. The lowest BCUT2D eigenvalue weighted by atomic mass is 10.1. The van der Waals surface area contributed by atoms with Crippen LogP contribution in [0.1, 0.15) is 26.3 Å². The van der Waals surface area contributed by atoms with Crippen molar-refractivity contribution in [1.29, 1.82) is 0 Å². The number of hydrogen-bond donors (Lipinski definition) is 0. The monoisotopic (exact) mass is 194 g/mol. The molecular weight excluding hydrogens is 176 g/mol. The second-order valence-corrected chi connectivity index (χ2v) is 2.73. The third kappa shape index (κ3) is 4.65. The van der Waals surface area contributed by atoms with E-state index >= 15 is 0 Å². The van der Waals surface area contributed by atoms with Gasteiger partial charge < -0.3 is 4.74 Å². The fraction of sp³-hybridized carbons (Fsp3) is 0.417. The average molecular weight is 194 g/mol. The third-order valence-corrected chi connectivity index (χ3v) is 1.61. The molecule has 14 heavy (non-hydrogen) atoms. The number of ether oxygens (including phenoxy) is 1. The average Bonchev–Trinajstić information content (AvgIpc) is 2.21. The van der Waals surface area contributed by atoms with Crippen molar-refractivity contribution in [3.63, 3.8) is 0 Å². The number of methoxy groups -OCH3 is 1. The predicted octanol–water partition coefficient (Wildman–Crippen LogP) is 2.85. The van der Waals surface area contributed by atoms with Crippen molar-refractivity contribution in [2.45, 2.75) is 27.2 Å². The van der Waals surface area contributed by atoms with Gasteiger partial charge in [0.25, 0.3) is 0 Å². The summed E-state index contributed by atoms with van der Waals surface area (Å²) in [5, 5.41) is 0. The largest absolute Gasteiger partial charge is 0.497 e. The SMILES string of the molecule is CC.COc1ccc(CC(C)=O)cc1. The van der Waals surface area contributed by atoms with Gasteiger partial charge in [-0.3, -0.25) is 4.79 Å². The molecule has 0 N–H and O–H groups in total. The number of rotatable bonds is 3. The summed E-state index contributed by atoms with van der Waals surface area (Å²) >= 11 is 0. The van der Waals surface area contributed by atoms with Crippen molar-refractivity contribution in [3.8, 4) is 5.75 Å². The van der Waals surface area contributed by atoms with E-state index in [0.717, 1.165) is 11.3 Å². The molecule has 0 aliphatic rings. The van der Waals surface area contributed by atoms with Crippen molar-refractivity contribution in [2.24, 2.45) is 0 Å². The molecule has 0 fully saturated rings. The lowest BCUT2D eigenvalue weighted by Gasteiger charge is -2.00. The number of ketones is 1. The molecule has 0 unspecified atom stereocenters. The standard InChI is InChI=1S/C10H12O2.C2H6/c1-8(11)7-9-3-5-10(12-2)6-4-9;1-2/h3-6H,7H2,1-2H3;1-2H3. The number of carbonyl (C=O) groups is 1. The van der Waals surface area contributed by atoms with Gasteiger partial charge in [-0.15, -0.1) is 0 Å². The first-order chi connectivity index (χ1) is 6.72. The van der Waals surface area contributed by atoms with Crippen LogP contribution in [0.2, 0.25) is 0 Å². The molecule has 0 spiro atoms. The minimum atomic E-state index is 0.181. The lowest BCUT2D eigenvalue weighted by Crippen LogP contribution is -1.95. The summed E-state index contributed by atoms with van der Waals surface area (Å²) in [7, 11) is 1.62. The first kappa shape index (κ1) is 12.7. The second-order valence-electron chi connectivity index (χ2n) is 2.73. The van der Waals surface area contributed by atoms with Crippen molar-refractivity contribution in [2.75, 3.05) is 7.11 Å². The molecule has 0 saturated carbocycles. The molecule has 1 rings (SSSR count). The highest BCUT2D eigenvalue weighted by Gasteiger charge is 1.96. The molecular formula is C12H18O2. The van der Waals surface area contributed by atoms with E-state index in [2.05, 4.69) is 0 Å². The molecule has 0 aliphatic carbocycles. The fourth-order valence-electron chi connectivity index (χ4n) is 1.03. The van der Waals surface area contributed by atoms with Crippen LogP contribution in [0, 0.1) is 0 Å². The molecule has 0 heterocycles. The molecule has 0 bridgehead atoms. The van der Waals surface area contributed by atoms with Crippen LogP contribution in [0.4, 0.5) is 0 Å². The summed E-state index contributed by atoms with van der Waals surface area (Å²) in [6, 6.07) is 7.52. The summed E-state index contributed by atoms with van der Waals surface area (Å²) in [6.45, 7) is 5.59. The molecule has 2 nitrogen and oxygen atoms in total. The topological polar surface area (TPSA) is 26.3 Å². The Hall–Kier alpha value is -1.31. The smallest absolute Gasteiger partial charge is 0.134 e. The van der Waals surface area contributed by atoms with Crippen molar-refractivity contribution in [1.82, 2.24) is 0 Å². The fourth-order valence-corrected chi connectivity index (χ4v) is 1.03. The zero-order valence-corrected chi connectivity index (χ0v) is 9.33. The van der Waals surface area contributed by atoms with Crippen LogP contribution in [0.5, 0.6) is 5.75 Å². The summed E-state index contributed by atoms with van der Waals surface area (Å²) in [6.07, 6.45) is 0.504. The minimum absolute atomic E-state index is 0.181. The van der Waals surface area contributed by atoms with Gasteiger partial charge >= 0.3 is 0 Å². The first-order valence-electron chi connectivity index (χ1n) is 4.84. The Bertz CT molecular complexity index is 262. The zero-order chi connectivity index (χ0) is 11.0. The van der Waals surface area contributed by atoms with E-state index in [1.807, 2.05) is 38.1 Å². The second kappa shape index (κ2) is 7.13. The van der Waals surface area contributed by atoms with Crippen LogP contribution in [0.15, 0.2) is 24.3 Å². The number of hydrogen-bond acceptors (Lipinski definition) is 2. The third-order valence-electron chi connectivity index (χ3n) is 1.61. The van der Waals surface area contributed by atoms with Gasteiger partial charge in [0.05, 0.1) is 7.11 Å². The predicted molar refractivity (Wildman–Crippen MR) is 58.7 cm³/mol. The Balaban J connectivity index is 0.000000791. The van der Waals surface area contributed by atoms with Gasteiger partial charge in [0.2, 0.25) is 0 Å². The quantitative estimate of drug-likeness (QED) is 0.739. The number of carbonyl (C=O) groups excluding carboxylic acids is 1. The van der Waals surface area contributed by atoms with E-state index < -0.39 is 0 Å². The number of Topliss-reactive ketones (excluding diaryl/α,β-unsaturated/α-hetero) is 1. The molecule has 2 heteroatoms. The van der Waals surface area contributed by atoms with E-state index in [1.165, 1.54) is 0 Å². The van der Waals surface area contributed by atoms with Gasteiger partial charge in [0, 0.05) is 6.42 Å². The molecule has 0 aromatic heterocycles. The molecule has 78 valence electrons. The Morgan fingerprint density at radius 3 is 2.07 bits per heavy atom. The van der Waals surface area contributed by atoms with E-state index in [9.17, 15) is 4.79 Å². The highest BCUT2D eigenvalue weighted by molar-refractivity contribution is 5.78. The van der Waals surface area contributed by atoms with Crippen LogP contribution >= 0.6 is 0 Å². The summed E-state index contributed by atoms with van der Waals surface area (Å²) in [4.78, 5) is 10.7. The van der Waals surface area contributed by atoms with Gasteiger partial charge in [0.1, 0.15) is 11.5 Å². The van der Waals surface area contributed by atoms with Crippen molar-refractivity contribution >= 4 is 5.78 Å². The number of benzene rings is 1. The molecule has 0 radical (unpaired) electrons. The van der Waals surface area contributed by atoms with Crippen LogP contribution in [0.25, 0.3) is 0 Å². The zero-order valence-electron chi connectivity index (χ0n) is 9.33. The molecule has 0 amide bonds. The van der Waals surface area contributed by atoms with E-state index in [1.54, 1.807) is 14.0 Å². The normalized spacial score (nSPS) is 8.57. The van der Waals surface area contributed by atoms with Gasteiger partial charge in [-0.25, -0.2) is 0 Å². The Labute approximate surface area is 85.9 Å². The van der Waals surface area contributed by atoms with E-state index in [4.69, 9.17) is 4.74 Å². The van der Waals surface area contributed by atoms with Crippen molar-refractivity contribution in [3.05, 3.63) is 29.8 Å². The highest BCUT2D eigenvalue weighted by Crippen LogP contribution is 2.11. The summed E-state index contributed by atoms with van der Waals surface area (Å²) < 4.78 is 4.99. The summed E-state index contributed by atoms with van der Waals surface area (Å²) in [5.74, 6) is 1.00. The van der Waals surface area contributed by atoms with Crippen LogP contribution in [-0.4, -0.2) is 12.9 Å². The Kier molecular flexibility index (Phi) is 6.46. The summed E-state index contributed by atoms with van der Waals surface area (Å²) in [5.41, 5.74) is 1.03. The van der Waals surface area contributed by atoms with E-state index in [-0.39, 0.29) is 5.78 Å². The Morgan fingerprint density at radius 2 is 1.71 bits per heavy atom. The first-order valence-corrected chi connectivity index (χ1v) is 4.84. The Morgan fingerprint density at radius 1 is 1.21 bits per heavy atom. The van der Waals surface area contributed by atoms with Gasteiger partial charge in [-0.2, -0.15) is 0 Å². The maximum atomic E-state index is 10.7. The van der Waals surface area contributed by atoms with Crippen molar-refractivity contribution < 1.29 is 9.53 Å². The van der Waals surface area contributed by atoms with Gasteiger partial charge in [-0.05, 0) is 24.6 Å². The molecule has 1 aromatic rings. The lowest BCUT2D eigenvalue weighted by molar-refractivity contribution is -0.116. The van der Waals surface area contributed by atoms with Crippen LogP contribution < -0.4 is 4.74 Å².